The summed E-state index contributed by atoms with van der Waals surface area (Å²) in [5, 5.41) is 12.3. The van der Waals surface area contributed by atoms with E-state index >= 15 is 0 Å². The number of anilines is 2. The average molecular weight is 306 g/mol. The minimum Gasteiger partial charge on any atom is -0.390 e. The fraction of sp³-hybridized carbons (Fsp3) is 0.538. The molecule has 0 aliphatic carbocycles. The Morgan fingerprint density at radius 3 is 2.70 bits per heavy atom. The normalized spacial score (nSPS) is 16.4. The van der Waals surface area contributed by atoms with Crippen LogP contribution in [0, 0.1) is 5.82 Å². The van der Waals surface area contributed by atoms with Crippen molar-refractivity contribution in [3.05, 3.63) is 24.0 Å². The third-order valence-electron chi connectivity index (χ3n) is 3.11. The lowest BCUT2D eigenvalue weighted by atomic mass is 10.2. The van der Waals surface area contributed by atoms with Crippen LogP contribution in [-0.4, -0.2) is 50.6 Å². The van der Waals surface area contributed by atoms with Crippen LogP contribution in [0.15, 0.2) is 18.2 Å². The molecule has 0 radical (unpaired) electrons. The summed E-state index contributed by atoms with van der Waals surface area (Å²) in [7, 11) is 0. The van der Waals surface area contributed by atoms with E-state index in [2.05, 4.69) is 5.32 Å². The lowest BCUT2D eigenvalue weighted by Crippen LogP contribution is -2.36. The number of benzene rings is 1. The van der Waals surface area contributed by atoms with E-state index in [-0.39, 0.29) is 24.8 Å². The SMILES string of the molecule is Cl.NC[C@H](O)CNc1ccc(N2CCOCC2)c(F)c1. The summed E-state index contributed by atoms with van der Waals surface area (Å²) in [5.41, 5.74) is 6.54. The summed E-state index contributed by atoms with van der Waals surface area (Å²) in [5.74, 6) is -0.269. The number of halogens is 2. The molecule has 0 amide bonds. The van der Waals surface area contributed by atoms with Crippen LogP contribution in [0.5, 0.6) is 0 Å². The number of morpholine rings is 1. The molecule has 1 aromatic rings. The monoisotopic (exact) mass is 305 g/mol. The number of hydrogen-bond donors (Lipinski definition) is 3. The van der Waals surface area contributed by atoms with Crippen LogP contribution in [-0.2, 0) is 4.74 Å². The Labute approximate surface area is 124 Å². The molecular weight excluding hydrogens is 285 g/mol. The van der Waals surface area contributed by atoms with Gasteiger partial charge in [-0.25, -0.2) is 4.39 Å². The molecule has 1 fully saturated rings. The van der Waals surface area contributed by atoms with Gasteiger partial charge >= 0.3 is 0 Å². The zero-order valence-electron chi connectivity index (χ0n) is 11.2. The Kier molecular flexibility index (Phi) is 7.01. The first-order chi connectivity index (χ1) is 9.20. The number of aliphatic hydroxyl groups excluding tert-OH is 1. The number of nitrogens with two attached hydrogens (primary N) is 1. The van der Waals surface area contributed by atoms with Gasteiger partial charge in [-0.05, 0) is 18.2 Å². The molecule has 0 saturated carbocycles. The fourth-order valence-corrected chi connectivity index (χ4v) is 2.00. The van der Waals surface area contributed by atoms with Gasteiger partial charge in [0.05, 0.1) is 25.0 Å². The highest BCUT2D eigenvalue weighted by Crippen LogP contribution is 2.23. The van der Waals surface area contributed by atoms with Crippen LogP contribution >= 0.6 is 12.4 Å². The molecule has 1 aromatic carbocycles. The zero-order chi connectivity index (χ0) is 13.7. The maximum absolute atomic E-state index is 14.0. The van der Waals surface area contributed by atoms with E-state index in [1.54, 1.807) is 12.1 Å². The summed E-state index contributed by atoms with van der Waals surface area (Å²) >= 11 is 0. The molecule has 0 bridgehead atoms. The molecule has 1 aliphatic rings. The van der Waals surface area contributed by atoms with E-state index in [1.807, 2.05) is 4.90 Å². The van der Waals surface area contributed by atoms with Crippen LogP contribution in [0.25, 0.3) is 0 Å². The van der Waals surface area contributed by atoms with Gasteiger partial charge in [0.25, 0.3) is 0 Å². The first-order valence-electron chi connectivity index (χ1n) is 6.45. The van der Waals surface area contributed by atoms with Crippen molar-refractivity contribution in [1.82, 2.24) is 0 Å². The van der Waals surface area contributed by atoms with Crippen molar-refractivity contribution in [3.63, 3.8) is 0 Å². The molecule has 114 valence electrons. The van der Waals surface area contributed by atoms with Crippen LogP contribution in [0.4, 0.5) is 15.8 Å². The van der Waals surface area contributed by atoms with Crippen molar-refractivity contribution >= 4 is 23.8 Å². The second-order valence-corrected chi connectivity index (χ2v) is 4.54. The lowest BCUT2D eigenvalue weighted by molar-refractivity contribution is 0.122. The lowest BCUT2D eigenvalue weighted by Gasteiger charge is -2.29. The van der Waals surface area contributed by atoms with Crippen LogP contribution in [0.3, 0.4) is 0 Å². The topological polar surface area (TPSA) is 70.8 Å². The summed E-state index contributed by atoms with van der Waals surface area (Å²) in [6, 6.07) is 4.99. The van der Waals surface area contributed by atoms with Gasteiger partial charge < -0.3 is 25.8 Å². The van der Waals surface area contributed by atoms with Crippen LogP contribution in [0.1, 0.15) is 0 Å². The molecule has 7 heteroatoms. The van der Waals surface area contributed by atoms with Crippen molar-refractivity contribution in [2.75, 3.05) is 49.6 Å². The minimum absolute atomic E-state index is 0. The van der Waals surface area contributed by atoms with E-state index < -0.39 is 6.10 Å². The third kappa shape index (κ3) is 4.49. The second kappa shape index (κ2) is 8.26. The van der Waals surface area contributed by atoms with Crippen LogP contribution in [0.2, 0.25) is 0 Å². The molecule has 5 nitrogen and oxygen atoms in total. The maximum atomic E-state index is 14.0. The second-order valence-electron chi connectivity index (χ2n) is 4.54. The molecule has 20 heavy (non-hydrogen) atoms. The summed E-state index contributed by atoms with van der Waals surface area (Å²) in [6.45, 7) is 3.16. The summed E-state index contributed by atoms with van der Waals surface area (Å²) in [4.78, 5) is 1.97. The predicted octanol–water partition coefficient (Wildman–Crippen LogP) is 0.816. The van der Waals surface area contributed by atoms with Gasteiger partial charge in [0, 0.05) is 31.9 Å². The van der Waals surface area contributed by atoms with E-state index in [0.717, 1.165) is 0 Å². The van der Waals surface area contributed by atoms with E-state index in [0.29, 0.717) is 44.2 Å². The van der Waals surface area contributed by atoms with Crippen LogP contribution < -0.4 is 16.0 Å². The smallest absolute Gasteiger partial charge is 0.148 e. The molecule has 1 aliphatic heterocycles. The summed E-state index contributed by atoms with van der Waals surface area (Å²) in [6.07, 6.45) is -0.623. The van der Waals surface area contributed by atoms with Crippen molar-refractivity contribution < 1.29 is 14.2 Å². The molecule has 0 unspecified atom stereocenters. The molecule has 1 heterocycles. The van der Waals surface area contributed by atoms with Crippen molar-refractivity contribution in [1.29, 1.82) is 0 Å². The zero-order valence-corrected chi connectivity index (χ0v) is 12.0. The van der Waals surface area contributed by atoms with Gasteiger partial charge in [0.15, 0.2) is 0 Å². The first kappa shape index (κ1) is 17.0. The minimum atomic E-state index is -0.623. The fourth-order valence-electron chi connectivity index (χ4n) is 2.00. The Bertz CT molecular complexity index is 417. The van der Waals surface area contributed by atoms with Gasteiger partial charge in [-0.15, -0.1) is 12.4 Å². The Morgan fingerprint density at radius 1 is 1.40 bits per heavy atom. The maximum Gasteiger partial charge on any atom is 0.148 e. The average Bonchev–Trinajstić information content (AvgIpc) is 2.45. The highest BCUT2D eigenvalue weighted by Gasteiger charge is 2.15. The van der Waals surface area contributed by atoms with Gasteiger partial charge in [-0.2, -0.15) is 0 Å². The van der Waals surface area contributed by atoms with Crippen molar-refractivity contribution in [2.24, 2.45) is 5.73 Å². The summed E-state index contributed by atoms with van der Waals surface area (Å²) < 4.78 is 19.3. The van der Waals surface area contributed by atoms with Gasteiger partial charge in [-0.1, -0.05) is 0 Å². The Balaban J connectivity index is 0.00000200. The Morgan fingerprint density at radius 2 is 2.10 bits per heavy atom. The van der Waals surface area contributed by atoms with Gasteiger partial charge in [0.2, 0.25) is 0 Å². The first-order valence-corrected chi connectivity index (χ1v) is 6.45. The van der Waals surface area contributed by atoms with Crippen molar-refractivity contribution in [2.45, 2.75) is 6.10 Å². The number of ether oxygens (including phenoxy) is 1. The highest BCUT2D eigenvalue weighted by molar-refractivity contribution is 5.85. The van der Waals surface area contributed by atoms with E-state index in [4.69, 9.17) is 10.5 Å². The number of nitrogens with one attached hydrogen (secondary N) is 1. The Hall–Kier alpha value is -1.08. The third-order valence-corrected chi connectivity index (χ3v) is 3.11. The number of rotatable bonds is 5. The van der Waals surface area contributed by atoms with E-state index in [1.165, 1.54) is 6.07 Å². The molecule has 0 aromatic heterocycles. The van der Waals surface area contributed by atoms with E-state index in [9.17, 15) is 9.50 Å². The standard InChI is InChI=1S/C13H20FN3O2.ClH/c14-12-7-10(16-9-11(18)8-15)1-2-13(12)17-3-5-19-6-4-17;/h1-2,7,11,16,18H,3-6,8-9,15H2;1H/t11-;/m0./s1. The molecule has 0 spiro atoms. The quantitative estimate of drug-likeness (QED) is 0.751. The molecule has 4 N–H and O–H groups in total. The number of hydrogen-bond acceptors (Lipinski definition) is 5. The molecule has 2 rings (SSSR count). The molecular formula is C13H21ClFN3O2. The number of aliphatic hydroxyl groups is 1. The molecule has 1 saturated heterocycles. The highest BCUT2D eigenvalue weighted by atomic mass is 35.5. The van der Waals surface area contributed by atoms with Gasteiger partial charge in [-0.3, -0.25) is 0 Å². The largest absolute Gasteiger partial charge is 0.390 e. The van der Waals surface area contributed by atoms with Crippen molar-refractivity contribution in [3.8, 4) is 0 Å². The molecule has 1 atom stereocenters. The number of nitrogens with zero attached hydrogens (tertiary/aromatic N) is 1. The van der Waals surface area contributed by atoms with Gasteiger partial charge in [0.1, 0.15) is 5.82 Å². The predicted molar refractivity (Wildman–Crippen MR) is 80.2 cm³/mol.